The zero-order chi connectivity index (χ0) is 26.8. The van der Waals surface area contributed by atoms with Crippen LogP contribution < -0.4 is 26.8 Å². The summed E-state index contributed by atoms with van der Waals surface area (Å²) in [5.41, 5.74) is 21.9. The summed E-state index contributed by atoms with van der Waals surface area (Å²) in [6.45, 7) is 1.88. The number of aromatic nitrogens is 3. The van der Waals surface area contributed by atoms with Crippen LogP contribution in [0.1, 0.15) is 51.1 Å². The standard InChI is InChI=1S/C25H28B2N8O2S/c1-37-14-3-2-13-9-24(19(28)15(13)8-14)4-6-34(7-5-24)17-10-31-18(21(29)32-17)22(36)35-11-16-20(25(26,27)12-35)33-23(30)38-16/h2-3,8,10,19H,4-7,9,11-12,28H2,1H3,(H2,29,32)(H2,30,33)/t19-/m1/s1. The Bertz CT molecular complexity index is 1420. The molecule has 3 aromatic rings. The van der Waals surface area contributed by atoms with E-state index in [0.717, 1.165) is 43.0 Å². The van der Waals surface area contributed by atoms with Gasteiger partial charge in [-0.15, -0.1) is 11.3 Å². The van der Waals surface area contributed by atoms with Crippen molar-refractivity contribution in [3.05, 3.63) is 51.8 Å². The molecule has 6 rings (SSSR count). The Morgan fingerprint density at radius 3 is 2.68 bits per heavy atom. The maximum Gasteiger partial charge on any atom is 0.276 e. The van der Waals surface area contributed by atoms with Crippen molar-refractivity contribution in [3.63, 3.8) is 0 Å². The van der Waals surface area contributed by atoms with Gasteiger partial charge in [0.1, 0.15) is 11.6 Å². The van der Waals surface area contributed by atoms with Crippen LogP contribution in [0.5, 0.6) is 5.75 Å². The highest BCUT2D eigenvalue weighted by Gasteiger charge is 2.46. The molecule has 1 amide bonds. The van der Waals surface area contributed by atoms with Crippen molar-refractivity contribution >= 4 is 49.7 Å². The number of hydrogen-bond donors (Lipinski definition) is 3. The molecular formula is C25H28B2N8O2S. The van der Waals surface area contributed by atoms with Gasteiger partial charge in [-0.1, -0.05) is 6.07 Å². The minimum atomic E-state index is -1.31. The van der Waals surface area contributed by atoms with Crippen LogP contribution in [0, 0.1) is 5.41 Å². The highest BCUT2D eigenvalue weighted by Crippen LogP contribution is 2.51. The van der Waals surface area contributed by atoms with Gasteiger partial charge in [0.2, 0.25) is 0 Å². The number of amides is 1. The number of hydrogen-bond acceptors (Lipinski definition) is 10. The average molecular weight is 526 g/mol. The third-order valence-corrected chi connectivity index (χ3v) is 9.06. The molecule has 1 saturated heterocycles. The number of carbonyl (C=O) groups excluding carboxylic acids is 1. The fourth-order valence-corrected chi connectivity index (χ4v) is 7.05. The Kier molecular flexibility index (Phi) is 5.84. The molecule has 4 radical (unpaired) electrons. The lowest BCUT2D eigenvalue weighted by atomic mass is 9.51. The van der Waals surface area contributed by atoms with E-state index in [1.54, 1.807) is 13.3 Å². The van der Waals surface area contributed by atoms with Gasteiger partial charge in [-0.2, -0.15) is 0 Å². The number of ether oxygens (including phenoxy) is 1. The molecule has 1 aromatic carbocycles. The summed E-state index contributed by atoms with van der Waals surface area (Å²) in [6.07, 6.45) is 4.39. The summed E-state index contributed by atoms with van der Waals surface area (Å²) in [4.78, 5) is 30.9. The van der Waals surface area contributed by atoms with E-state index >= 15 is 0 Å². The maximum atomic E-state index is 13.3. The monoisotopic (exact) mass is 526 g/mol. The van der Waals surface area contributed by atoms with E-state index in [-0.39, 0.29) is 42.0 Å². The van der Waals surface area contributed by atoms with Gasteiger partial charge < -0.3 is 31.7 Å². The van der Waals surface area contributed by atoms with Gasteiger partial charge in [0.05, 0.1) is 35.5 Å². The second-order valence-corrected chi connectivity index (χ2v) is 11.7. The molecule has 4 heterocycles. The first-order chi connectivity index (χ1) is 18.1. The fraction of sp³-hybridized carbons (Fsp3) is 0.440. The van der Waals surface area contributed by atoms with Gasteiger partial charge in [0.25, 0.3) is 5.91 Å². The summed E-state index contributed by atoms with van der Waals surface area (Å²) in [5.74, 6) is 1.16. The largest absolute Gasteiger partial charge is 0.497 e. The zero-order valence-corrected chi connectivity index (χ0v) is 22.0. The SMILES string of the molecule is [B]C1([B])CN(C(=O)c2ncc(N3CCC4(CC3)Cc3ccc(OC)cc3[C@H]4N)nc2N)Cc2sc(N)nc21. The number of anilines is 3. The highest BCUT2D eigenvalue weighted by molar-refractivity contribution is 7.15. The Morgan fingerprint density at radius 2 is 1.97 bits per heavy atom. The number of benzene rings is 1. The van der Waals surface area contributed by atoms with Crippen LogP contribution in [0.3, 0.4) is 0 Å². The number of nitrogens with two attached hydrogens (primary N) is 3. The molecule has 1 fully saturated rings. The van der Waals surface area contributed by atoms with Crippen molar-refractivity contribution < 1.29 is 9.53 Å². The number of carbonyl (C=O) groups is 1. The molecule has 10 nitrogen and oxygen atoms in total. The van der Waals surface area contributed by atoms with Crippen LogP contribution in [0.15, 0.2) is 24.4 Å². The first-order valence-corrected chi connectivity index (χ1v) is 13.3. The molecule has 1 atom stereocenters. The second kappa shape index (κ2) is 8.88. The summed E-state index contributed by atoms with van der Waals surface area (Å²) >= 11 is 1.26. The van der Waals surface area contributed by atoms with Crippen LogP contribution in [0.25, 0.3) is 0 Å². The van der Waals surface area contributed by atoms with Crippen molar-refractivity contribution in [1.29, 1.82) is 0 Å². The molecular weight excluding hydrogens is 498 g/mol. The minimum Gasteiger partial charge on any atom is -0.497 e. The summed E-state index contributed by atoms with van der Waals surface area (Å²) in [6, 6.07) is 6.15. The van der Waals surface area contributed by atoms with Crippen LogP contribution >= 0.6 is 11.3 Å². The molecule has 6 N–H and O–H groups in total. The lowest BCUT2D eigenvalue weighted by molar-refractivity contribution is 0.0720. The minimum absolute atomic E-state index is 0.00415. The molecule has 0 bridgehead atoms. The average Bonchev–Trinajstić information content (AvgIpc) is 3.41. The van der Waals surface area contributed by atoms with Gasteiger partial charge in [-0.25, -0.2) is 15.0 Å². The predicted molar refractivity (Wildman–Crippen MR) is 148 cm³/mol. The first-order valence-electron chi connectivity index (χ1n) is 12.5. The number of piperidine rings is 1. The third-order valence-electron chi connectivity index (χ3n) is 8.19. The predicted octanol–water partition coefficient (Wildman–Crippen LogP) is 1.09. The Labute approximate surface area is 227 Å². The van der Waals surface area contributed by atoms with Gasteiger partial charge >= 0.3 is 0 Å². The molecule has 13 heteroatoms. The van der Waals surface area contributed by atoms with Crippen LogP contribution in [0.4, 0.5) is 16.8 Å². The molecule has 2 aliphatic heterocycles. The van der Waals surface area contributed by atoms with Gasteiger partial charge in [0, 0.05) is 36.2 Å². The highest BCUT2D eigenvalue weighted by atomic mass is 32.1. The zero-order valence-electron chi connectivity index (χ0n) is 21.2. The van der Waals surface area contributed by atoms with E-state index in [4.69, 9.17) is 37.6 Å². The van der Waals surface area contributed by atoms with E-state index in [2.05, 4.69) is 32.0 Å². The van der Waals surface area contributed by atoms with Crippen LogP contribution in [-0.4, -0.2) is 68.2 Å². The van der Waals surface area contributed by atoms with E-state index in [1.807, 2.05) is 6.07 Å². The van der Waals surface area contributed by atoms with Crippen molar-refractivity contribution in [1.82, 2.24) is 19.9 Å². The number of nitrogen functional groups attached to an aromatic ring is 2. The quantitative estimate of drug-likeness (QED) is 0.427. The normalized spacial score (nSPS) is 21.3. The molecule has 2 aromatic heterocycles. The van der Waals surface area contributed by atoms with Crippen molar-refractivity contribution in [2.24, 2.45) is 11.1 Å². The molecule has 3 aliphatic rings. The Balaban J connectivity index is 1.15. The molecule has 0 unspecified atom stereocenters. The number of thiazole rings is 1. The molecule has 0 saturated carbocycles. The van der Waals surface area contributed by atoms with Crippen molar-refractivity contribution in [3.8, 4) is 5.75 Å². The van der Waals surface area contributed by atoms with E-state index in [1.165, 1.54) is 27.4 Å². The van der Waals surface area contributed by atoms with Crippen LogP contribution in [-0.2, 0) is 18.2 Å². The number of fused-ring (bicyclic) bond motifs is 2. The molecule has 1 aliphatic carbocycles. The lowest BCUT2D eigenvalue weighted by Crippen LogP contribution is -2.49. The maximum absolute atomic E-state index is 13.3. The molecule has 38 heavy (non-hydrogen) atoms. The van der Waals surface area contributed by atoms with Gasteiger partial charge in [0.15, 0.2) is 16.6 Å². The Hall–Kier alpha value is -3.31. The van der Waals surface area contributed by atoms with Crippen LogP contribution in [0.2, 0.25) is 0 Å². The summed E-state index contributed by atoms with van der Waals surface area (Å²) < 4.78 is 5.40. The van der Waals surface area contributed by atoms with E-state index < -0.39 is 5.21 Å². The summed E-state index contributed by atoms with van der Waals surface area (Å²) in [5, 5.41) is -0.950. The van der Waals surface area contributed by atoms with Crippen molar-refractivity contribution in [2.45, 2.75) is 37.1 Å². The lowest BCUT2D eigenvalue weighted by Gasteiger charge is -2.42. The molecule has 1 spiro atoms. The fourth-order valence-electron chi connectivity index (χ4n) is 6.10. The van der Waals surface area contributed by atoms with E-state index in [0.29, 0.717) is 16.6 Å². The smallest absolute Gasteiger partial charge is 0.276 e. The topological polar surface area (TPSA) is 150 Å². The third kappa shape index (κ3) is 3.99. The number of nitrogens with zero attached hydrogens (tertiary/aromatic N) is 5. The van der Waals surface area contributed by atoms with Gasteiger partial charge in [-0.05, 0) is 53.2 Å². The van der Waals surface area contributed by atoms with Crippen molar-refractivity contribution in [2.75, 3.05) is 43.1 Å². The second-order valence-electron chi connectivity index (χ2n) is 10.6. The number of rotatable bonds is 3. The summed E-state index contributed by atoms with van der Waals surface area (Å²) in [7, 11) is 14.2. The first kappa shape index (κ1) is 25.0. The number of methoxy groups -OCH3 is 1. The molecule has 192 valence electrons. The van der Waals surface area contributed by atoms with Gasteiger partial charge in [-0.3, -0.25) is 4.79 Å². The Morgan fingerprint density at radius 1 is 1.21 bits per heavy atom. The van der Waals surface area contributed by atoms with E-state index in [9.17, 15) is 4.79 Å².